The maximum Gasteiger partial charge on any atom is 0.328 e. The third-order valence-electron chi connectivity index (χ3n) is 1.17. The summed E-state index contributed by atoms with van der Waals surface area (Å²) in [5.74, 6) is -1.61. The summed E-state index contributed by atoms with van der Waals surface area (Å²) in [7, 11) is 0. The summed E-state index contributed by atoms with van der Waals surface area (Å²) in [5, 5.41) is 8.40. The van der Waals surface area contributed by atoms with Crippen LogP contribution in [0, 0.1) is 0 Å². The fraction of sp³-hybridized carbons (Fsp3) is 0.500. The second-order valence-electron chi connectivity index (χ2n) is 2.04. The highest BCUT2D eigenvalue weighted by Gasteiger charge is 2.14. The molecule has 0 heterocycles. The Morgan fingerprint density at radius 2 is 2.18 bits per heavy atom. The van der Waals surface area contributed by atoms with Gasteiger partial charge in [-0.15, -0.1) is 0 Å². The number of carboxylic acids is 1. The van der Waals surface area contributed by atoms with Gasteiger partial charge >= 0.3 is 5.97 Å². The number of hydrogen-bond donors (Lipinski definition) is 2. The van der Waals surface area contributed by atoms with Crippen molar-refractivity contribution in [3.8, 4) is 0 Å². The normalized spacial score (nSPS) is 12.0. The Kier molecular flexibility index (Phi) is 3.87. The van der Waals surface area contributed by atoms with Gasteiger partial charge in [-0.1, -0.05) is 0 Å². The predicted octanol–water partition coefficient (Wildman–Crippen LogP) is -0.594. The molecule has 0 aromatic heterocycles. The van der Waals surface area contributed by atoms with E-state index in [1.807, 2.05) is 0 Å². The fourth-order valence-corrected chi connectivity index (χ4v) is 0.572. The lowest BCUT2D eigenvalue weighted by Gasteiger charge is -2.02. The summed E-state index contributed by atoms with van der Waals surface area (Å²) in [6.45, 7) is 3.08. The highest BCUT2D eigenvalue weighted by Crippen LogP contribution is 2.00. The van der Waals surface area contributed by atoms with Gasteiger partial charge in [-0.3, -0.25) is 9.79 Å². The SMILES string of the molecule is C=N[C@H](CCC(N)=O)C(=O)O. The summed E-state index contributed by atoms with van der Waals surface area (Å²) in [5.41, 5.74) is 4.80. The van der Waals surface area contributed by atoms with Gasteiger partial charge in [0.25, 0.3) is 0 Å². The monoisotopic (exact) mass is 158 g/mol. The van der Waals surface area contributed by atoms with Crippen molar-refractivity contribution in [2.24, 2.45) is 10.7 Å². The first-order valence-electron chi connectivity index (χ1n) is 3.05. The summed E-state index contributed by atoms with van der Waals surface area (Å²) in [4.78, 5) is 23.8. The lowest BCUT2D eigenvalue weighted by Crippen LogP contribution is -2.20. The van der Waals surface area contributed by atoms with Crippen LogP contribution in [0.15, 0.2) is 4.99 Å². The van der Waals surface area contributed by atoms with E-state index in [2.05, 4.69) is 11.7 Å². The van der Waals surface area contributed by atoms with Crippen LogP contribution in [-0.4, -0.2) is 29.7 Å². The molecule has 5 heteroatoms. The molecule has 0 rings (SSSR count). The van der Waals surface area contributed by atoms with Crippen LogP contribution in [0.3, 0.4) is 0 Å². The number of nitrogens with zero attached hydrogens (tertiary/aromatic N) is 1. The molecule has 0 radical (unpaired) electrons. The van der Waals surface area contributed by atoms with Gasteiger partial charge in [0.15, 0.2) is 0 Å². The van der Waals surface area contributed by atoms with E-state index in [0.29, 0.717) is 0 Å². The Morgan fingerprint density at radius 3 is 2.45 bits per heavy atom. The molecule has 11 heavy (non-hydrogen) atoms. The maximum absolute atomic E-state index is 10.3. The van der Waals surface area contributed by atoms with E-state index >= 15 is 0 Å². The number of aliphatic imine (C=N–C) groups is 1. The number of primary amides is 1. The van der Waals surface area contributed by atoms with Crippen LogP contribution in [-0.2, 0) is 9.59 Å². The number of hydrogen-bond acceptors (Lipinski definition) is 3. The van der Waals surface area contributed by atoms with Crippen molar-refractivity contribution in [2.45, 2.75) is 18.9 Å². The van der Waals surface area contributed by atoms with Crippen LogP contribution in [0.2, 0.25) is 0 Å². The van der Waals surface area contributed by atoms with Gasteiger partial charge in [0, 0.05) is 6.42 Å². The second kappa shape index (κ2) is 4.43. The zero-order valence-corrected chi connectivity index (χ0v) is 5.99. The zero-order valence-electron chi connectivity index (χ0n) is 5.99. The molecule has 0 fully saturated rings. The average Bonchev–Trinajstić information content (AvgIpc) is 1.87. The van der Waals surface area contributed by atoms with Crippen molar-refractivity contribution < 1.29 is 14.7 Å². The largest absolute Gasteiger partial charge is 0.480 e. The van der Waals surface area contributed by atoms with E-state index in [1.54, 1.807) is 0 Å². The standard InChI is InChI=1S/C6H10N2O3/c1-8-4(6(10)11)2-3-5(7)9/h4H,1-3H2,(H2,7,9)(H,10,11)/t4-/m1/s1. The summed E-state index contributed by atoms with van der Waals surface area (Å²) >= 11 is 0. The lowest BCUT2D eigenvalue weighted by molar-refractivity contribution is -0.138. The van der Waals surface area contributed by atoms with E-state index in [4.69, 9.17) is 10.8 Å². The van der Waals surface area contributed by atoms with Gasteiger partial charge in [-0.05, 0) is 13.1 Å². The quantitative estimate of drug-likeness (QED) is 0.523. The average molecular weight is 158 g/mol. The number of amides is 1. The summed E-state index contributed by atoms with van der Waals surface area (Å²) < 4.78 is 0. The van der Waals surface area contributed by atoms with E-state index in [9.17, 15) is 9.59 Å². The summed E-state index contributed by atoms with van der Waals surface area (Å²) in [6.07, 6.45) is 0.143. The molecule has 5 nitrogen and oxygen atoms in total. The molecule has 62 valence electrons. The maximum atomic E-state index is 10.3. The number of carboxylic acid groups (broad SMARTS) is 1. The highest BCUT2D eigenvalue weighted by molar-refractivity contribution is 5.77. The Bertz CT molecular complexity index is 179. The molecule has 0 saturated carbocycles. The van der Waals surface area contributed by atoms with Crippen molar-refractivity contribution in [1.29, 1.82) is 0 Å². The molecular formula is C6H10N2O3. The molecule has 1 atom stereocenters. The molecule has 0 spiro atoms. The van der Waals surface area contributed by atoms with E-state index in [0.717, 1.165) is 0 Å². The van der Waals surface area contributed by atoms with Crippen molar-refractivity contribution in [1.82, 2.24) is 0 Å². The number of aliphatic carboxylic acids is 1. The highest BCUT2D eigenvalue weighted by atomic mass is 16.4. The third-order valence-corrected chi connectivity index (χ3v) is 1.17. The number of nitrogens with two attached hydrogens (primary N) is 1. The van der Waals surface area contributed by atoms with E-state index < -0.39 is 17.9 Å². The first-order chi connectivity index (χ1) is 5.07. The van der Waals surface area contributed by atoms with Crippen LogP contribution in [0.5, 0.6) is 0 Å². The fourth-order valence-electron chi connectivity index (χ4n) is 0.572. The van der Waals surface area contributed by atoms with Crippen molar-refractivity contribution in [3.05, 3.63) is 0 Å². The Balaban J connectivity index is 3.79. The molecular weight excluding hydrogens is 148 g/mol. The zero-order chi connectivity index (χ0) is 8.85. The smallest absolute Gasteiger partial charge is 0.328 e. The number of carbonyl (C=O) groups is 2. The molecule has 0 aromatic rings. The van der Waals surface area contributed by atoms with Gasteiger partial charge in [0.1, 0.15) is 6.04 Å². The molecule has 0 aliphatic rings. The van der Waals surface area contributed by atoms with Crippen LogP contribution in [0.25, 0.3) is 0 Å². The third kappa shape index (κ3) is 4.07. The van der Waals surface area contributed by atoms with Crippen molar-refractivity contribution in [3.63, 3.8) is 0 Å². The Hall–Kier alpha value is -1.39. The summed E-state index contributed by atoms with van der Waals surface area (Å²) in [6, 6.07) is -0.914. The molecule has 3 N–H and O–H groups in total. The Morgan fingerprint density at radius 1 is 1.64 bits per heavy atom. The van der Waals surface area contributed by atoms with Crippen LogP contribution in [0.1, 0.15) is 12.8 Å². The molecule has 0 bridgehead atoms. The van der Waals surface area contributed by atoms with E-state index in [-0.39, 0.29) is 12.8 Å². The van der Waals surface area contributed by atoms with Crippen molar-refractivity contribution in [2.75, 3.05) is 0 Å². The predicted molar refractivity (Wildman–Crippen MR) is 39.4 cm³/mol. The first-order valence-corrected chi connectivity index (χ1v) is 3.05. The molecule has 0 aliphatic carbocycles. The minimum Gasteiger partial charge on any atom is -0.480 e. The van der Waals surface area contributed by atoms with Gasteiger partial charge < -0.3 is 10.8 Å². The van der Waals surface area contributed by atoms with Crippen molar-refractivity contribution >= 4 is 18.6 Å². The molecule has 0 aliphatic heterocycles. The number of carbonyl (C=O) groups excluding carboxylic acids is 1. The van der Waals surface area contributed by atoms with Gasteiger partial charge in [-0.25, -0.2) is 4.79 Å². The van der Waals surface area contributed by atoms with Gasteiger partial charge in [-0.2, -0.15) is 0 Å². The van der Waals surface area contributed by atoms with Crippen LogP contribution in [0.4, 0.5) is 0 Å². The molecule has 0 aromatic carbocycles. The van der Waals surface area contributed by atoms with E-state index in [1.165, 1.54) is 0 Å². The molecule has 0 unspecified atom stereocenters. The Labute approximate surface area is 63.9 Å². The topological polar surface area (TPSA) is 92.8 Å². The van der Waals surface area contributed by atoms with Gasteiger partial charge in [0.2, 0.25) is 5.91 Å². The lowest BCUT2D eigenvalue weighted by atomic mass is 10.1. The molecule has 0 saturated heterocycles. The number of rotatable bonds is 5. The second-order valence-corrected chi connectivity index (χ2v) is 2.04. The van der Waals surface area contributed by atoms with Crippen LogP contribution >= 0.6 is 0 Å². The minimum absolute atomic E-state index is 0.0238. The first kappa shape index (κ1) is 9.61. The van der Waals surface area contributed by atoms with Gasteiger partial charge in [0.05, 0.1) is 0 Å². The van der Waals surface area contributed by atoms with Crippen LogP contribution < -0.4 is 5.73 Å². The molecule has 1 amide bonds. The minimum atomic E-state index is -1.08.